The van der Waals surface area contributed by atoms with Gasteiger partial charge in [0.05, 0.1) is 6.61 Å². The van der Waals surface area contributed by atoms with Crippen molar-refractivity contribution < 1.29 is 19.4 Å². The van der Waals surface area contributed by atoms with Gasteiger partial charge in [0.2, 0.25) is 0 Å². The molecule has 0 aromatic heterocycles. The van der Waals surface area contributed by atoms with Gasteiger partial charge in [0.15, 0.2) is 6.61 Å². The Morgan fingerprint density at radius 1 is 1.33 bits per heavy atom. The first-order chi connectivity index (χ1) is 7.22. The van der Waals surface area contributed by atoms with Crippen molar-refractivity contribution in [2.24, 2.45) is 0 Å². The Kier molecular flexibility index (Phi) is 4.47. The first kappa shape index (κ1) is 11.4. The Morgan fingerprint density at radius 2 is 2.00 bits per heavy atom. The summed E-state index contributed by atoms with van der Waals surface area (Å²) in [4.78, 5) is 10.3. The Morgan fingerprint density at radius 3 is 2.60 bits per heavy atom. The van der Waals surface area contributed by atoms with E-state index >= 15 is 0 Å². The van der Waals surface area contributed by atoms with Crippen LogP contribution in [-0.4, -0.2) is 24.3 Å². The monoisotopic (exact) mass is 210 g/mol. The van der Waals surface area contributed by atoms with Crippen molar-refractivity contribution in [1.82, 2.24) is 0 Å². The van der Waals surface area contributed by atoms with Crippen LogP contribution in [0.25, 0.3) is 0 Å². The maximum absolute atomic E-state index is 10.3. The number of ether oxygens (including phenoxy) is 2. The van der Waals surface area contributed by atoms with E-state index in [0.29, 0.717) is 18.1 Å². The molecule has 0 heterocycles. The molecule has 0 saturated heterocycles. The molecule has 1 N–H and O–H groups in total. The lowest BCUT2D eigenvalue weighted by Crippen LogP contribution is -2.09. The molecule has 0 saturated carbocycles. The number of carboxylic acids is 1. The number of carbonyl (C=O) groups is 1. The van der Waals surface area contributed by atoms with Crippen molar-refractivity contribution in [2.45, 2.75) is 13.3 Å². The van der Waals surface area contributed by atoms with Crippen LogP contribution in [0.2, 0.25) is 0 Å². The minimum absolute atomic E-state index is 0.336. The molecule has 0 fully saturated rings. The van der Waals surface area contributed by atoms with E-state index < -0.39 is 5.97 Å². The second-order valence-electron chi connectivity index (χ2n) is 3.01. The van der Waals surface area contributed by atoms with Crippen LogP contribution in [-0.2, 0) is 4.79 Å². The highest BCUT2D eigenvalue weighted by atomic mass is 16.5. The summed E-state index contributed by atoms with van der Waals surface area (Å²) < 4.78 is 10.4. The van der Waals surface area contributed by atoms with Crippen LogP contribution in [0.15, 0.2) is 24.3 Å². The van der Waals surface area contributed by atoms with Gasteiger partial charge in [-0.1, -0.05) is 13.0 Å². The summed E-state index contributed by atoms with van der Waals surface area (Å²) >= 11 is 0. The second kappa shape index (κ2) is 5.90. The Balaban J connectivity index is 2.53. The van der Waals surface area contributed by atoms with E-state index in [0.717, 1.165) is 6.42 Å². The van der Waals surface area contributed by atoms with Gasteiger partial charge in [0.25, 0.3) is 0 Å². The highest BCUT2D eigenvalue weighted by Gasteiger charge is 2.00. The predicted molar refractivity (Wildman–Crippen MR) is 55.4 cm³/mol. The topological polar surface area (TPSA) is 55.8 Å². The van der Waals surface area contributed by atoms with Crippen molar-refractivity contribution in [3.8, 4) is 11.5 Å². The molecule has 1 rings (SSSR count). The number of aliphatic carboxylic acids is 1. The number of rotatable bonds is 6. The highest BCUT2D eigenvalue weighted by Crippen LogP contribution is 2.19. The summed E-state index contributed by atoms with van der Waals surface area (Å²) in [5.74, 6) is 0.209. The molecular weight excluding hydrogens is 196 g/mol. The minimum Gasteiger partial charge on any atom is -0.493 e. The lowest BCUT2D eigenvalue weighted by atomic mass is 10.3. The van der Waals surface area contributed by atoms with Crippen LogP contribution < -0.4 is 9.47 Å². The molecule has 82 valence electrons. The quantitative estimate of drug-likeness (QED) is 0.779. The summed E-state index contributed by atoms with van der Waals surface area (Å²) in [6, 6.07) is 6.95. The molecular formula is C11H14O4. The van der Waals surface area contributed by atoms with Crippen LogP contribution in [0.5, 0.6) is 11.5 Å². The number of benzene rings is 1. The number of carboxylic acid groups (broad SMARTS) is 1. The largest absolute Gasteiger partial charge is 0.493 e. The van der Waals surface area contributed by atoms with E-state index in [2.05, 4.69) is 0 Å². The minimum atomic E-state index is -0.991. The SMILES string of the molecule is CCCOc1cccc(OCC(=O)O)c1. The molecule has 15 heavy (non-hydrogen) atoms. The Bertz CT molecular complexity index is 322. The summed E-state index contributed by atoms with van der Waals surface area (Å²) in [5, 5.41) is 8.43. The maximum Gasteiger partial charge on any atom is 0.341 e. The van der Waals surface area contributed by atoms with Gasteiger partial charge >= 0.3 is 5.97 Å². The fraction of sp³-hybridized carbons (Fsp3) is 0.364. The average molecular weight is 210 g/mol. The molecule has 0 atom stereocenters. The molecule has 0 unspecified atom stereocenters. The third-order valence-corrected chi connectivity index (χ3v) is 1.64. The van der Waals surface area contributed by atoms with Gasteiger partial charge in [-0.2, -0.15) is 0 Å². The summed E-state index contributed by atoms with van der Waals surface area (Å²) in [6.07, 6.45) is 0.931. The van der Waals surface area contributed by atoms with Gasteiger partial charge in [0.1, 0.15) is 11.5 Å². The molecule has 0 aliphatic heterocycles. The zero-order valence-corrected chi connectivity index (χ0v) is 8.60. The number of hydrogen-bond donors (Lipinski definition) is 1. The Labute approximate surface area is 88.4 Å². The molecule has 4 heteroatoms. The van der Waals surface area contributed by atoms with E-state index in [1.165, 1.54) is 0 Å². The van der Waals surface area contributed by atoms with Gasteiger partial charge in [-0.15, -0.1) is 0 Å². The average Bonchev–Trinajstić information content (AvgIpc) is 2.24. The zero-order chi connectivity index (χ0) is 11.1. The van der Waals surface area contributed by atoms with Crippen LogP contribution in [0.3, 0.4) is 0 Å². The predicted octanol–water partition coefficient (Wildman–Crippen LogP) is 1.94. The van der Waals surface area contributed by atoms with Crippen LogP contribution in [0.4, 0.5) is 0 Å². The van der Waals surface area contributed by atoms with Gasteiger partial charge in [-0.25, -0.2) is 4.79 Å². The van der Waals surface area contributed by atoms with Crippen molar-refractivity contribution in [3.05, 3.63) is 24.3 Å². The van der Waals surface area contributed by atoms with Crippen molar-refractivity contribution in [1.29, 1.82) is 0 Å². The third-order valence-electron chi connectivity index (χ3n) is 1.64. The fourth-order valence-corrected chi connectivity index (χ4v) is 1.02. The van der Waals surface area contributed by atoms with Crippen molar-refractivity contribution in [2.75, 3.05) is 13.2 Å². The van der Waals surface area contributed by atoms with Crippen LogP contribution >= 0.6 is 0 Å². The van der Waals surface area contributed by atoms with Gasteiger partial charge < -0.3 is 14.6 Å². The summed E-state index contributed by atoms with van der Waals surface area (Å²) in [6.45, 7) is 2.32. The smallest absolute Gasteiger partial charge is 0.341 e. The summed E-state index contributed by atoms with van der Waals surface area (Å²) in [5.41, 5.74) is 0. The van der Waals surface area contributed by atoms with Crippen LogP contribution in [0.1, 0.15) is 13.3 Å². The van der Waals surface area contributed by atoms with E-state index in [-0.39, 0.29) is 6.61 Å². The zero-order valence-electron chi connectivity index (χ0n) is 8.60. The standard InChI is InChI=1S/C11H14O4/c1-2-6-14-9-4-3-5-10(7-9)15-8-11(12)13/h3-5,7H,2,6,8H2,1H3,(H,12,13). The first-order valence-corrected chi connectivity index (χ1v) is 4.80. The third kappa shape index (κ3) is 4.35. The number of hydrogen-bond acceptors (Lipinski definition) is 3. The van der Waals surface area contributed by atoms with Gasteiger partial charge in [-0.3, -0.25) is 0 Å². The second-order valence-corrected chi connectivity index (χ2v) is 3.01. The molecule has 0 radical (unpaired) electrons. The van der Waals surface area contributed by atoms with E-state index in [1.807, 2.05) is 13.0 Å². The molecule has 0 aliphatic rings. The lowest BCUT2D eigenvalue weighted by Gasteiger charge is -2.07. The maximum atomic E-state index is 10.3. The van der Waals surface area contributed by atoms with E-state index in [4.69, 9.17) is 14.6 Å². The molecule has 1 aromatic rings. The highest BCUT2D eigenvalue weighted by molar-refractivity contribution is 5.68. The summed E-state index contributed by atoms with van der Waals surface area (Å²) in [7, 11) is 0. The first-order valence-electron chi connectivity index (χ1n) is 4.80. The van der Waals surface area contributed by atoms with E-state index in [9.17, 15) is 4.79 Å². The molecule has 0 aliphatic carbocycles. The molecule has 1 aromatic carbocycles. The molecule has 4 nitrogen and oxygen atoms in total. The molecule has 0 bridgehead atoms. The Hall–Kier alpha value is -1.71. The van der Waals surface area contributed by atoms with Crippen molar-refractivity contribution >= 4 is 5.97 Å². The van der Waals surface area contributed by atoms with Crippen LogP contribution in [0, 0.1) is 0 Å². The lowest BCUT2D eigenvalue weighted by molar-refractivity contribution is -0.139. The normalized spacial score (nSPS) is 9.67. The molecule has 0 spiro atoms. The van der Waals surface area contributed by atoms with Crippen molar-refractivity contribution in [3.63, 3.8) is 0 Å². The van der Waals surface area contributed by atoms with Gasteiger partial charge in [-0.05, 0) is 18.6 Å². The van der Waals surface area contributed by atoms with Gasteiger partial charge in [0, 0.05) is 6.07 Å². The fourth-order valence-electron chi connectivity index (χ4n) is 1.02. The molecule has 0 amide bonds. The van der Waals surface area contributed by atoms with E-state index in [1.54, 1.807) is 18.2 Å².